The standard InChI is InChI=1S/C47H52F6N7O10P/c1-28(2)60(29(3)4)71(63,23-11-22-54)70-38-36(24-68-45(31-12-9-8-10-13-31,32-14-18-34(64-6)19-15-32)33-16-20-35(65-7)21-17-33)69-43(59-26-57-37-41(58-30(5)61)55-25-56-42(37)59)39(38)66-27-67-44(62)40(46(48,49)50)47(51,52)53/h8-10,12-21,25-26,28-29,36,38-40,43,63H,11,23-24,27H2,1-7H3/p+1/t36-,38-,39-,43-,71?/m1/s1. The first-order valence-electron chi connectivity index (χ1n) is 22.0. The molecule has 24 heteroatoms. The van der Waals surface area contributed by atoms with Crippen LogP contribution in [0.4, 0.5) is 32.2 Å². The molecule has 6 rings (SSSR count). The second-order valence-electron chi connectivity index (χ2n) is 16.8. The molecule has 0 radical (unpaired) electrons. The fourth-order valence-corrected chi connectivity index (χ4v) is 11.5. The summed E-state index contributed by atoms with van der Waals surface area (Å²) in [4.78, 5) is 50.5. The van der Waals surface area contributed by atoms with E-state index in [9.17, 15) is 46.1 Å². The minimum Gasteiger partial charge on any atom is -0.497 e. The Kier molecular flexibility index (Phi) is 17.3. The van der Waals surface area contributed by atoms with E-state index in [1.54, 1.807) is 93.0 Å². The molecule has 0 bridgehead atoms. The summed E-state index contributed by atoms with van der Waals surface area (Å²) in [6.07, 6.45) is -16.6. The van der Waals surface area contributed by atoms with E-state index in [1.165, 1.54) is 32.0 Å². The van der Waals surface area contributed by atoms with Crippen LogP contribution in [0.5, 0.6) is 11.5 Å². The molecule has 1 saturated heterocycles. The third-order valence-electron chi connectivity index (χ3n) is 11.4. The van der Waals surface area contributed by atoms with Crippen LogP contribution in [0.25, 0.3) is 11.2 Å². The Labute approximate surface area is 405 Å². The smallest absolute Gasteiger partial charge is 0.411 e. The number of anilines is 1. The molecule has 0 saturated carbocycles. The Morgan fingerprint density at radius 1 is 0.859 bits per heavy atom. The van der Waals surface area contributed by atoms with Crippen molar-refractivity contribution in [3.05, 3.63) is 108 Å². The van der Waals surface area contributed by atoms with Crippen LogP contribution in [0.2, 0.25) is 0 Å². The number of hydrogen-bond acceptors (Lipinski definition) is 15. The molecule has 71 heavy (non-hydrogen) atoms. The highest BCUT2D eigenvalue weighted by molar-refractivity contribution is 7.63. The van der Waals surface area contributed by atoms with E-state index in [4.69, 9.17) is 28.2 Å². The van der Waals surface area contributed by atoms with Crippen LogP contribution in [0.1, 0.15) is 64.0 Å². The number of aromatic nitrogens is 4. The number of alkyl halides is 6. The van der Waals surface area contributed by atoms with Crippen LogP contribution in [0, 0.1) is 17.2 Å². The molecule has 5 aromatic rings. The molecule has 3 heterocycles. The van der Waals surface area contributed by atoms with Crippen molar-refractivity contribution in [2.45, 2.75) is 95.6 Å². The summed E-state index contributed by atoms with van der Waals surface area (Å²) >= 11 is 0. The molecule has 1 amide bonds. The lowest BCUT2D eigenvalue weighted by atomic mass is 9.80. The van der Waals surface area contributed by atoms with E-state index in [-0.39, 0.29) is 29.6 Å². The Hall–Kier alpha value is -5.99. The number of amides is 1. The molecular formula is C47H53F6N7O10P+. The SMILES string of the molecule is COc1ccc(C(OC[C@H]2O[C@@H](n3cnc4c(NC(C)=O)ncnc43)[C@H](OCOC(=O)C(C(F)(F)F)C(F)(F)F)[C@@H]2O[P+](O)(CCC#N)N(C(C)C)C(C)C)(c2ccccc2)c2ccc(OC)cc2)cc1. The molecule has 17 nitrogen and oxygen atoms in total. The average molecular weight is 1020 g/mol. The summed E-state index contributed by atoms with van der Waals surface area (Å²) in [7, 11) is -0.995. The third kappa shape index (κ3) is 12.0. The van der Waals surface area contributed by atoms with Gasteiger partial charge in [0.1, 0.15) is 41.8 Å². The number of ether oxygens (including phenoxy) is 6. The summed E-state index contributed by atoms with van der Waals surface area (Å²) in [6.45, 7) is 6.36. The van der Waals surface area contributed by atoms with E-state index in [0.717, 1.165) is 6.33 Å². The molecule has 1 fully saturated rings. The second-order valence-corrected chi connectivity index (χ2v) is 19.2. The van der Waals surface area contributed by atoms with Gasteiger partial charge in [0, 0.05) is 19.0 Å². The fraction of sp³-hybridized carbons (Fsp3) is 0.447. The summed E-state index contributed by atoms with van der Waals surface area (Å²) < 4.78 is 128. The van der Waals surface area contributed by atoms with E-state index in [2.05, 4.69) is 25.0 Å². The lowest BCUT2D eigenvalue weighted by Gasteiger charge is -2.39. The largest absolute Gasteiger partial charge is 0.497 e. The molecule has 1 unspecified atom stereocenters. The zero-order chi connectivity index (χ0) is 51.9. The highest BCUT2D eigenvalue weighted by atomic mass is 31.2. The highest BCUT2D eigenvalue weighted by Gasteiger charge is 2.63. The molecule has 2 N–H and O–H groups in total. The van der Waals surface area contributed by atoms with Crippen molar-refractivity contribution in [3.8, 4) is 17.6 Å². The number of halogens is 6. The molecule has 3 aromatic carbocycles. The highest BCUT2D eigenvalue weighted by Crippen LogP contribution is 2.64. The normalized spacial score (nSPS) is 18.5. The zero-order valence-electron chi connectivity index (χ0n) is 39.5. The van der Waals surface area contributed by atoms with Crippen molar-refractivity contribution in [1.29, 1.82) is 5.26 Å². The number of esters is 1. The van der Waals surface area contributed by atoms with Crippen molar-refractivity contribution in [1.82, 2.24) is 24.2 Å². The lowest BCUT2D eigenvalue weighted by Crippen LogP contribution is -2.46. The molecule has 5 atom stereocenters. The minimum absolute atomic E-state index is 0.00973. The number of imidazole rings is 1. The Morgan fingerprint density at radius 3 is 1.93 bits per heavy atom. The van der Waals surface area contributed by atoms with Crippen LogP contribution in [-0.4, -0.2) is 117 Å². The quantitative estimate of drug-likeness (QED) is 0.0233. The third-order valence-corrected chi connectivity index (χ3v) is 14.5. The summed E-state index contributed by atoms with van der Waals surface area (Å²) in [5, 5.41) is 12.4. The first-order chi connectivity index (χ1) is 33.6. The minimum atomic E-state index is -6.08. The van der Waals surface area contributed by atoms with Gasteiger partial charge in [0.05, 0.1) is 39.6 Å². The molecular weight excluding hydrogens is 968 g/mol. The topological polar surface area (TPSA) is 202 Å². The lowest BCUT2D eigenvalue weighted by molar-refractivity contribution is -0.285. The van der Waals surface area contributed by atoms with Gasteiger partial charge in [-0.2, -0.15) is 36.1 Å². The van der Waals surface area contributed by atoms with Crippen molar-refractivity contribution >= 4 is 36.7 Å². The maximum atomic E-state index is 13.7. The molecule has 0 spiro atoms. The van der Waals surface area contributed by atoms with Gasteiger partial charge < -0.3 is 33.7 Å². The number of fused-ring (bicyclic) bond motifs is 1. The Morgan fingerprint density at radius 2 is 1.42 bits per heavy atom. The van der Waals surface area contributed by atoms with E-state index in [1.807, 2.05) is 24.3 Å². The van der Waals surface area contributed by atoms with Gasteiger partial charge >= 0.3 is 26.2 Å². The van der Waals surface area contributed by atoms with E-state index >= 15 is 0 Å². The maximum absolute atomic E-state index is 13.7. The number of nitrogens with one attached hydrogen (secondary N) is 1. The van der Waals surface area contributed by atoms with Crippen LogP contribution in [-0.2, 0) is 38.7 Å². The number of nitrogens with zero attached hydrogens (tertiary/aromatic N) is 6. The Bertz CT molecular complexity index is 2550. The molecule has 0 aliphatic carbocycles. The summed E-state index contributed by atoms with van der Waals surface area (Å²) in [5.74, 6) is -6.71. The molecule has 1 aliphatic rings. The second kappa shape index (κ2) is 22.6. The van der Waals surface area contributed by atoms with E-state index in [0.29, 0.717) is 28.2 Å². The van der Waals surface area contributed by atoms with Gasteiger partial charge in [-0.15, -0.1) is 4.67 Å². The predicted molar refractivity (Wildman–Crippen MR) is 244 cm³/mol. The fourth-order valence-electron chi connectivity index (χ4n) is 8.59. The van der Waals surface area contributed by atoms with Crippen LogP contribution >= 0.6 is 7.87 Å². The number of rotatable bonds is 21. The number of nitriles is 1. The van der Waals surface area contributed by atoms with Crippen molar-refractivity contribution in [2.24, 2.45) is 5.92 Å². The van der Waals surface area contributed by atoms with Gasteiger partial charge in [-0.1, -0.05) is 54.6 Å². The van der Waals surface area contributed by atoms with Crippen molar-refractivity contribution in [3.63, 3.8) is 0 Å². The van der Waals surface area contributed by atoms with Gasteiger partial charge in [-0.25, -0.2) is 19.8 Å². The van der Waals surface area contributed by atoms with Gasteiger partial charge in [0.2, 0.25) is 11.8 Å². The van der Waals surface area contributed by atoms with Crippen LogP contribution in [0.15, 0.2) is 91.5 Å². The number of hydrogen-bond donors (Lipinski definition) is 2. The number of benzene rings is 3. The molecule has 2 aromatic heterocycles. The van der Waals surface area contributed by atoms with Crippen molar-refractivity contribution < 1.29 is 73.8 Å². The number of carbonyl (C=O) groups is 2. The van der Waals surface area contributed by atoms with E-state index < -0.39 is 93.6 Å². The first kappa shape index (κ1) is 54.3. The molecule has 1 aliphatic heterocycles. The number of carbonyl (C=O) groups excluding carboxylic acids is 2. The van der Waals surface area contributed by atoms with Crippen LogP contribution < -0.4 is 14.8 Å². The molecule has 382 valence electrons. The van der Waals surface area contributed by atoms with Crippen molar-refractivity contribution in [2.75, 3.05) is 39.1 Å². The maximum Gasteiger partial charge on any atom is 0.411 e. The Balaban J connectivity index is 1.56. The summed E-state index contributed by atoms with van der Waals surface area (Å²) in [6, 6.07) is 24.3. The predicted octanol–water partition coefficient (Wildman–Crippen LogP) is 8.51. The monoisotopic (exact) mass is 1020 g/mol. The van der Waals surface area contributed by atoms with Gasteiger partial charge in [-0.3, -0.25) is 14.2 Å². The van der Waals surface area contributed by atoms with Gasteiger partial charge in [-0.05, 0) is 68.7 Å². The number of methoxy groups -OCH3 is 2. The zero-order valence-corrected chi connectivity index (χ0v) is 40.4. The summed E-state index contributed by atoms with van der Waals surface area (Å²) in [5.41, 5.74) is 0.270. The van der Waals surface area contributed by atoms with Gasteiger partial charge in [0.25, 0.3) is 0 Å². The first-order valence-corrected chi connectivity index (χ1v) is 23.8. The van der Waals surface area contributed by atoms with Gasteiger partial charge in [0.15, 0.2) is 36.1 Å². The van der Waals surface area contributed by atoms with Crippen LogP contribution in [0.3, 0.4) is 0 Å². The average Bonchev–Trinajstić information content (AvgIpc) is 3.89.